The van der Waals surface area contributed by atoms with Gasteiger partial charge in [-0.05, 0) is 32.9 Å². The van der Waals surface area contributed by atoms with Crippen molar-refractivity contribution in [2.24, 2.45) is 0 Å². The first kappa shape index (κ1) is 15.6. The second kappa shape index (κ2) is 8.48. The summed E-state index contributed by atoms with van der Waals surface area (Å²) in [5.41, 5.74) is 0.835. The van der Waals surface area contributed by atoms with E-state index in [-0.39, 0.29) is 11.0 Å². The van der Waals surface area contributed by atoms with Gasteiger partial charge >= 0.3 is 0 Å². The number of hydrogen-bond acceptors (Lipinski definition) is 3. The van der Waals surface area contributed by atoms with Crippen molar-refractivity contribution < 1.29 is 4.79 Å². The summed E-state index contributed by atoms with van der Waals surface area (Å²) in [5.74, 6) is 1.31. The molecule has 0 N–H and O–H groups in total. The lowest BCUT2D eigenvalue weighted by molar-refractivity contribution is 0.0994. The van der Waals surface area contributed by atoms with Crippen LogP contribution in [0.4, 0.5) is 0 Å². The number of carbonyl (C=O) groups excluding carboxylic acids is 1. The number of ketones is 1. The minimum atomic E-state index is 0.0596. The van der Waals surface area contributed by atoms with E-state index in [1.807, 2.05) is 37.3 Å². The lowest BCUT2D eigenvalue weighted by Crippen LogP contribution is -2.28. The summed E-state index contributed by atoms with van der Waals surface area (Å²) in [5, 5.41) is 0.0596. The molecular formula is C17H25NOS. The zero-order valence-corrected chi connectivity index (χ0v) is 13.2. The molecule has 1 saturated heterocycles. The average molecular weight is 291 g/mol. The first-order chi connectivity index (χ1) is 9.77. The van der Waals surface area contributed by atoms with Crippen LogP contribution in [0.1, 0.15) is 43.0 Å². The van der Waals surface area contributed by atoms with E-state index in [1.165, 1.54) is 38.8 Å². The lowest BCUT2D eigenvalue weighted by Gasteiger charge is -2.20. The maximum absolute atomic E-state index is 12.2. The molecule has 110 valence electrons. The molecular weight excluding hydrogens is 266 g/mol. The molecule has 1 aliphatic heterocycles. The second-order valence-electron chi connectivity index (χ2n) is 5.50. The van der Waals surface area contributed by atoms with Crippen molar-refractivity contribution in [3.63, 3.8) is 0 Å². The summed E-state index contributed by atoms with van der Waals surface area (Å²) in [7, 11) is 0. The predicted octanol–water partition coefficient (Wildman–Crippen LogP) is 3.87. The van der Waals surface area contributed by atoms with Gasteiger partial charge < -0.3 is 4.90 Å². The highest BCUT2D eigenvalue weighted by Gasteiger charge is 2.16. The molecule has 3 heteroatoms. The fourth-order valence-corrected chi connectivity index (χ4v) is 3.64. The van der Waals surface area contributed by atoms with Crippen LogP contribution in [-0.4, -0.2) is 41.3 Å². The Morgan fingerprint density at radius 3 is 2.45 bits per heavy atom. The third-order valence-electron chi connectivity index (χ3n) is 3.90. The topological polar surface area (TPSA) is 20.3 Å². The molecule has 1 fully saturated rings. The van der Waals surface area contributed by atoms with Crippen LogP contribution in [0.5, 0.6) is 0 Å². The van der Waals surface area contributed by atoms with Crippen molar-refractivity contribution in [3.8, 4) is 0 Å². The zero-order chi connectivity index (χ0) is 14.2. The largest absolute Gasteiger partial charge is 0.303 e. The summed E-state index contributed by atoms with van der Waals surface area (Å²) in [4.78, 5) is 14.8. The van der Waals surface area contributed by atoms with Crippen LogP contribution >= 0.6 is 11.8 Å². The summed E-state index contributed by atoms with van der Waals surface area (Å²) in [6.45, 7) is 5.63. The summed E-state index contributed by atoms with van der Waals surface area (Å²) < 4.78 is 0. The van der Waals surface area contributed by atoms with E-state index in [9.17, 15) is 4.79 Å². The van der Waals surface area contributed by atoms with E-state index in [0.717, 1.165) is 17.9 Å². The smallest absolute Gasteiger partial charge is 0.175 e. The van der Waals surface area contributed by atoms with E-state index in [1.54, 1.807) is 11.8 Å². The van der Waals surface area contributed by atoms with Gasteiger partial charge in [0.2, 0.25) is 0 Å². The van der Waals surface area contributed by atoms with Gasteiger partial charge in [0.15, 0.2) is 5.78 Å². The predicted molar refractivity (Wildman–Crippen MR) is 87.6 cm³/mol. The number of Topliss-reactive ketones (excluding diaryl/α,β-unsaturated/α-hetero) is 1. The highest BCUT2D eigenvalue weighted by atomic mass is 32.2. The van der Waals surface area contributed by atoms with E-state index in [4.69, 9.17) is 0 Å². The highest BCUT2D eigenvalue weighted by molar-refractivity contribution is 8.00. The van der Waals surface area contributed by atoms with Crippen LogP contribution in [0, 0.1) is 0 Å². The van der Waals surface area contributed by atoms with Gasteiger partial charge in [-0.15, -0.1) is 11.8 Å². The van der Waals surface area contributed by atoms with Crippen molar-refractivity contribution >= 4 is 17.5 Å². The number of carbonyl (C=O) groups is 1. The van der Waals surface area contributed by atoms with Crippen molar-refractivity contribution in [2.75, 3.05) is 25.4 Å². The molecule has 1 aromatic carbocycles. The third kappa shape index (κ3) is 4.95. The highest BCUT2D eigenvalue weighted by Crippen LogP contribution is 2.17. The molecule has 0 saturated carbocycles. The molecule has 0 aliphatic carbocycles. The molecule has 0 amide bonds. The van der Waals surface area contributed by atoms with Crippen LogP contribution in [0.15, 0.2) is 30.3 Å². The van der Waals surface area contributed by atoms with Gasteiger partial charge in [0.25, 0.3) is 0 Å². The molecule has 20 heavy (non-hydrogen) atoms. The molecule has 0 radical (unpaired) electrons. The Morgan fingerprint density at radius 2 is 1.80 bits per heavy atom. The van der Waals surface area contributed by atoms with Gasteiger partial charge in [-0.3, -0.25) is 4.79 Å². The van der Waals surface area contributed by atoms with E-state index in [0.29, 0.717) is 0 Å². The first-order valence-electron chi connectivity index (χ1n) is 7.70. The molecule has 1 aromatic rings. The molecule has 2 rings (SSSR count). The quantitative estimate of drug-likeness (QED) is 0.742. The molecule has 1 unspecified atom stereocenters. The number of hydrogen-bond donors (Lipinski definition) is 0. The van der Waals surface area contributed by atoms with E-state index in [2.05, 4.69) is 4.90 Å². The van der Waals surface area contributed by atoms with Crippen molar-refractivity contribution in [1.29, 1.82) is 0 Å². The van der Waals surface area contributed by atoms with Gasteiger partial charge in [0.1, 0.15) is 0 Å². The number of benzene rings is 1. The second-order valence-corrected chi connectivity index (χ2v) is 6.95. The van der Waals surface area contributed by atoms with Gasteiger partial charge in [-0.1, -0.05) is 43.2 Å². The monoisotopic (exact) mass is 291 g/mol. The zero-order valence-electron chi connectivity index (χ0n) is 12.4. The van der Waals surface area contributed by atoms with Crippen LogP contribution in [0.3, 0.4) is 0 Å². The summed E-state index contributed by atoms with van der Waals surface area (Å²) in [6, 6.07) is 9.64. The average Bonchev–Trinajstić information content (AvgIpc) is 2.76. The van der Waals surface area contributed by atoms with Gasteiger partial charge in [-0.25, -0.2) is 0 Å². The van der Waals surface area contributed by atoms with Gasteiger partial charge in [-0.2, -0.15) is 0 Å². The van der Waals surface area contributed by atoms with Gasteiger partial charge in [0, 0.05) is 17.9 Å². The van der Waals surface area contributed by atoms with Crippen LogP contribution in [0.25, 0.3) is 0 Å². The molecule has 2 nitrogen and oxygen atoms in total. The van der Waals surface area contributed by atoms with E-state index < -0.39 is 0 Å². The van der Waals surface area contributed by atoms with Gasteiger partial charge in [0.05, 0.1) is 5.25 Å². The van der Waals surface area contributed by atoms with Crippen LogP contribution in [0.2, 0.25) is 0 Å². The Kier molecular flexibility index (Phi) is 6.61. The Balaban J connectivity index is 1.72. The number of nitrogens with zero attached hydrogens (tertiary/aromatic N) is 1. The minimum absolute atomic E-state index is 0.0596. The molecule has 1 heterocycles. The SMILES string of the molecule is CC(SCCN1CCCCCC1)C(=O)c1ccccc1. The van der Waals surface area contributed by atoms with E-state index >= 15 is 0 Å². The van der Waals surface area contributed by atoms with Crippen molar-refractivity contribution in [1.82, 2.24) is 4.90 Å². The Hall–Kier alpha value is -0.800. The van der Waals surface area contributed by atoms with Crippen LogP contribution in [-0.2, 0) is 0 Å². The molecule has 1 aliphatic rings. The number of rotatable bonds is 6. The molecule has 1 atom stereocenters. The Bertz CT molecular complexity index is 399. The first-order valence-corrected chi connectivity index (χ1v) is 8.75. The minimum Gasteiger partial charge on any atom is -0.303 e. The van der Waals surface area contributed by atoms with Crippen molar-refractivity contribution in [3.05, 3.63) is 35.9 Å². The maximum atomic E-state index is 12.2. The molecule has 0 bridgehead atoms. The fraction of sp³-hybridized carbons (Fsp3) is 0.588. The fourth-order valence-electron chi connectivity index (χ4n) is 2.63. The third-order valence-corrected chi connectivity index (χ3v) is 5.03. The normalized spacial score (nSPS) is 18.4. The van der Waals surface area contributed by atoms with Crippen molar-refractivity contribution in [2.45, 2.75) is 37.9 Å². The summed E-state index contributed by atoms with van der Waals surface area (Å²) in [6.07, 6.45) is 5.44. The number of likely N-dealkylation sites (tertiary alicyclic amines) is 1. The molecule has 0 spiro atoms. The Morgan fingerprint density at radius 1 is 1.15 bits per heavy atom. The van der Waals surface area contributed by atoms with Crippen LogP contribution < -0.4 is 0 Å². The maximum Gasteiger partial charge on any atom is 0.175 e. The summed E-state index contributed by atoms with van der Waals surface area (Å²) >= 11 is 1.79. The number of thioether (sulfide) groups is 1. The lowest BCUT2D eigenvalue weighted by atomic mass is 10.1. The standard InChI is InChI=1S/C17H25NOS/c1-15(17(19)16-9-5-4-6-10-16)20-14-13-18-11-7-2-3-8-12-18/h4-6,9-10,15H,2-3,7-8,11-14H2,1H3. The molecule has 0 aromatic heterocycles. The Labute approximate surface area is 126 Å².